The van der Waals surface area contributed by atoms with Crippen LogP contribution in [-0.4, -0.2) is 35.9 Å². The molecule has 0 unspecified atom stereocenters. The summed E-state index contributed by atoms with van der Waals surface area (Å²) >= 11 is 0. The zero-order valence-corrected chi connectivity index (χ0v) is 17.1. The maximum atomic E-state index is 13.1. The van der Waals surface area contributed by atoms with Crippen molar-refractivity contribution >= 4 is 23.3 Å². The molecular formula is C23H25NO5. The van der Waals surface area contributed by atoms with Crippen molar-refractivity contribution < 1.29 is 24.2 Å². The third-order valence-corrected chi connectivity index (χ3v) is 5.39. The Balaban J connectivity index is 1.96. The summed E-state index contributed by atoms with van der Waals surface area (Å²) < 4.78 is 4.94. The molecule has 6 heteroatoms. The lowest BCUT2D eigenvalue weighted by Gasteiger charge is -2.23. The smallest absolute Gasteiger partial charge is 0.326 e. The van der Waals surface area contributed by atoms with E-state index in [1.54, 1.807) is 37.3 Å². The number of ether oxygens (including phenoxy) is 1. The van der Waals surface area contributed by atoms with Crippen LogP contribution in [0.3, 0.4) is 0 Å². The number of anilines is 1. The summed E-state index contributed by atoms with van der Waals surface area (Å²) in [5.74, 6) is -1.59. The lowest BCUT2D eigenvalue weighted by atomic mass is 9.86. The summed E-state index contributed by atoms with van der Waals surface area (Å²) in [6.07, 6.45) is -0.397. The van der Waals surface area contributed by atoms with Crippen molar-refractivity contribution in [3.05, 3.63) is 64.2 Å². The van der Waals surface area contributed by atoms with E-state index in [0.29, 0.717) is 16.8 Å². The Labute approximate surface area is 170 Å². The van der Waals surface area contributed by atoms with Crippen LogP contribution >= 0.6 is 0 Å². The lowest BCUT2D eigenvalue weighted by Crippen LogP contribution is -2.44. The van der Waals surface area contributed by atoms with E-state index in [1.165, 1.54) is 4.90 Å². The molecule has 1 heterocycles. The van der Waals surface area contributed by atoms with Crippen LogP contribution in [0, 0.1) is 20.8 Å². The number of para-hydroxylation sites is 1. The monoisotopic (exact) mass is 395 g/mol. The van der Waals surface area contributed by atoms with Gasteiger partial charge in [-0.05, 0) is 56.5 Å². The summed E-state index contributed by atoms with van der Waals surface area (Å²) in [6, 6.07) is 10.4. The van der Waals surface area contributed by atoms with Crippen LogP contribution in [0.25, 0.3) is 0 Å². The largest absolute Gasteiger partial charge is 0.465 e. The van der Waals surface area contributed by atoms with Crippen molar-refractivity contribution in [3.8, 4) is 0 Å². The number of ketones is 1. The van der Waals surface area contributed by atoms with Crippen molar-refractivity contribution in [3.63, 3.8) is 0 Å². The normalized spacial score (nSPS) is 18.0. The third-order valence-electron chi connectivity index (χ3n) is 5.39. The van der Waals surface area contributed by atoms with Gasteiger partial charge in [-0.3, -0.25) is 19.3 Å². The van der Waals surface area contributed by atoms with Gasteiger partial charge in [-0.1, -0.05) is 24.3 Å². The summed E-state index contributed by atoms with van der Waals surface area (Å²) in [7, 11) is 0. The Kier molecular flexibility index (Phi) is 5.57. The lowest BCUT2D eigenvalue weighted by molar-refractivity contribution is -0.144. The average Bonchev–Trinajstić information content (AvgIpc) is 2.87. The molecule has 0 saturated heterocycles. The molecule has 29 heavy (non-hydrogen) atoms. The molecular weight excluding hydrogens is 370 g/mol. The standard InChI is InChI=1S/C23H25NO5/c1-5-29-21(26)13-24-19-9-7-6-8-18(19)23(28,22(24)27)12-20(25)17-11-15(3)14(2)10-16(17)4/h6-11,28H,5,12-13H2,1-4H3/t23-/m0/s1. The van der Waals surface area contributed by atoms with Gasteiger partial charge in [0.2, 0.25) is 0 Å². The highest BCUT2D eigenvalue weighted by atomic mass is 16.5. The minimum absolute atomic E-state index is 0.192. The van der Waals surface area contributed by atoms with Gasteiger partial charge in [0.05, 0.1) is 18.7 Å². The second kappa shape index (κ2) is 7.79. The van der Waals surface area contributed by atoms with Gasteiger partial charge in [0.25, 0.3) is 5.91 Å². The number of aliphatic hydroxyl groups is 1. The van der Waals surface area contributed by atoms with E-state index >= 15 is 0 Å². The van der Waals surface area contributed by atoms with E-state index in [9.17, 15) is 19.5 Å². The Morgan fingerprint density at radius 2 is 1.72 bits per heavy atom. The number of hydrogen-bond donors (Lipinski definition) is 1. The molecule has 0 spiro atoms. The van der Waals surface area contributed by atoms with Gasteiger partial charge in [-0.15, -0.1) is 0 Å². The number of carbonyl (C=O) groups excluding carboxylic acids is 3. The SMILES string of the molecule is CCOC(=O)CN1C(=O)[C@](O)(CC(=O)c2cc(C)c(C)cc2C)c2ccccc21. The third kappa shape index (κ3) is 3.68. The topological polar surface area (TPSA) is 83.9 Å². The van der Waals surface area contributed by atoms with E-state index in [4.69, 9.17) is 4.74 Å². The molecule has 1 amide bonds. The zero-order valence-electron chi connectivity index (χ0n) is 17.1. The first-order valence-corrected chi connectivity index (χ1v) is 9.59. The number of aryl methyl sites for hydroxylation is 3. The van der Waals surface area contributed by atoms with Gasteiger partial charge >= 0.3 is 5.97 Å². The van der Waals surface area contributed by atoms with Crippen molar-refractivity contribution in [1.29, 1.82) is 0 Å². The van der Waals surface area contributed by atoms with Gasteiger partial charge in [0.15, 0.2) is 11.4 Å². The van der Waals surface area contributed by atoms with Crippen LogP contribution in [0.5, 0.6) is 0 Å². The second-order valence-electron chi connectivity index (χ2n) is 7.43. The Bertz CT molecular complexity index is 997. The van der Waals surface area contributed by atoms with Crippen LogP contribution in [-0.2, 0) is 19.9 Å². The molecule has 1 atom stereocenters. The number of fused-ring (bicyclic) bond motifs is 1. The second-order valence-corrected chi connectivity index (χ2v) is 7.43. The molecule has 0 fully saturated rings. The number of nitrogens with zero attached hydrogens (tertiary/aromatic N) is 1. The Hall–Kier alpha value is -2.99. The summed E-state index contributed by atoms with van der Waals surface area (Å²) in [5, 5.41) is 11.3. The van der Waals surface area contributed by atoms with Gasteiger partial charge in [-0.2, -0.15) is 0 Å². The Morgan fingerprint density at radius 3 is 2.41 bits per heavy atom. The van der Waals surface area contributed by atoms with Gasteiger partial charge in [0, 0.05) is 11.1 Å². The molecule has 0 radical (unpaired) electrons. The van der Waals surface area contributed by atoms with Crippen molar-refractivity contribution in [2.75, 3.05) is 18.1 Å². The molecule has 1 aliphatic heterocycles. The minimum Gasteiger partial charge on any atom is -0.465 e. The summed E-state index contributed by atoms with van der Waals surface area (Å²) in [6.45, 7) is 7.27. The highest BCUT2D eigenvalue weighted by molar-refractivity contribution is 6.12. The highest BCUT2D eigenvalue weighted by Crippen LogP contribution is 2.43. The van der Waals surface area contributed by atoms with Gasteiger partial charge in [-0.25, -0.2) is 0 Å². The first kappa shape index (κ1) is 20.7. The quantitative estimate of drug-likeness (QED) is 0.600. The molecule has 0 aliphatic carbocycles. The van der Waals surface area contributed by atoms with Crippen molar-refractivity contribution in [2.45, 2.75) is 39.7 Å². The molecule has 0 saturated carbocycles. The molecule has 6 nitrogen and oxygen atoms in total. The predicted octanol–water partition coefficient (Wildman–Crippen LogP) is 2.98. The number of esters is 1. The Morgan fingerprint density at radius 1 is 1.07 bits per heavy atom. The van der Waals surface area contributed by atoms with E-state index < -0.39 is 23.9 Å². The van der Waals surface area contributed by atoms with Crippen molar-refractivity contribution in [1.82, 2.24) is 0 Å². The predicted molar refractivity (Wildman–Crippen MR) is 109 cm³/mol. The van der Waals surface area contributed by atoms with E-state index in [1.807, 2.05) is 26.8 Å². The van der Waals surface area contributed by atoms with Gasteiger partial charge in [0.1, 0.15) is 6.54 Å². The molecule has 2 aromatic carbocycles. The molecule has 2 aromatic rings. The zero-order chi connectivity index (χ0) is 21.3. The van der Waals surface area contributed by atoms with Crippen LogP contribution < -0.4 is 4.90 Å². The fourth-order valence-electron chi connectivity index (χ4n) is 3.76. The molecule has 1 aliphatic rings. The fraction of sp³-hybridized carbons (Fsp3) is 0.348. The van der Waals surface area contributed by atoms with E-state index in [-0.39, 0.29) is 18.9 Å². The minimum atomic E-state index is -2.02. The maximum Gasteiger partial charge on any atom is 0.326 e. The number of amides is 1. The number of hydrogen-bond acceptors (Lipinski definition) is 5. The first-order valence-electron chi connectivity index (χ1n) is 9.59. The molecule has 0 bridgehead atoms. The summed E-state index contributed by atoms with van der Waals surface area (Å²) in [4.78, 5) is 39.3. The number of benzene rings is 2. The maximum absolute atomic E-state index is 13.1. The molecule has 0 aromatic heterocycles. The average molecular weight is 395 g/mol. The molecule has 3 rings (SSSR count). The number of rotatable bonds is 6. The fourth-order valence-corrected chi connectivity index (χ4v) is 3.76. The molecule has 152 valence electrons. The molecule has 1 N–H and O–H groups in total. The highest BCUT2D eigenvalue weighted by Gasteiger charge is 2.51. The van der Waals surface area contributed by atoms with Gasteiger partial charge < -0.3 is 9.84 Å². The van der Waals surface area contributed by atoms with E-state index in [0.717, 1.165) is 16.7 Å². The summed E-state index contributed by atoms with van der Waals surface area (Å²) in [5.41, 5.74) is 2.03. The van der Waals surface area contributed by atoms with Crippen LogP contribution in [0.15, 0.2) is 36.4 Å². The van der Waals surface area contributed by atoms with Crippen LogP contribution in [0.4, 0.5) is 5.69 Å². The van der Waals surface area contributed by atoms with Crippen LogP contribution in [0.2, 0.25) is 0 Å². The number of Topliss-reactive ketones (excluding diaryl/α,β-unsaturated/α-hetero) is 1. The van der Waals surface area contributed by atoms with Crippen LogP contribution in [0.1, 0.15) is 46.0 Å². The first-order chi connectivity index (χ1) is 13.7. The van der Waals surface area contributed by atoms with Crippen molar-refractivity contribution in [2.24, 2.45) is 0 Å². The van der Waals surface area contributed by atoms with E-state index in [2.05, 4.69) is 0 Å². The number of carbonyl (C=O) groups is 3.